The van der Waals surface area contributed by atoms with Gasteiger partial charge in [-0.3, -0.25) is 0 Å². The van der Waals surface area contributed by atoms with Crippen molar-refractivity contribution in [2.75, 3.05) is 7.11 Å². The van der Waals surface area contributed by atoms with Gasteiger partial charge in [0.05, 0.1) is 11.4 Å². The normalized spacial score (nSPS) is 13.7. The number of methoxy groups -OCH3 is 1. The Bertz CT molecular complexity index is 509. The van der Waals surface area contributed by atoms with Crippen LogP contribution < -0.4 is 0 Å². The Morgan fingerprint density at radius 2 is 1.65 bits per heavy atom. The quantitative estimate of drug-likeness (QED) is 0.516. The highest BCUT2D eigenvalue weighted by atomic mass is 32.2. The molecule has 0 amide bonds. The molecule has 2 atom stereocenters. The molecule has 2 rings (SSSR count). The lowest BCUT2D eigenvalue weighted by atomic mass is 10.1. The van der Waals surface area contributed by atoms with Crippen LogP contribution in [0.25, 0.3) is 0 Å². The lowest BCUT2D eigenvalue weighted by molar-refractivity contribution is 0.103. The van der Waals surface area contributed by atoms with E-state index >= 15 is 0 Å². The number of rotatable bonds is 7. The Labute approximate surface area is 125 Å². The van der Waals surface area contributed by atoms with Crippen LogP contribution in [0.4, 0.5) is 0 Å². The third kappa shape index (κ3) is 3.99. The molecule has 104 valence electrons. The third-order valence-corrected chi connectivity index (χ3v) is 4.55. The molecule has 2 heteroatoms. The lowest BCUT2D eigenvalue weighted by Gasteiger charge is -2.25. The molecule has 0 saturated carbocycles. The molecule has 1 nitrogen and oxygen atoms in total. The zero-order valence-electron chi connectivity index (χ0n) is 11.7. The van der Waals surface area contributed by atoms with Crippen LogP contribution in [-0.2, 0) is 4.74 Å². The second kappa shape index (κ2) is 7.93. The van der Waals surface area contributed by atoms with Crippen molar-refractivity contribution in [2.24, 2.45) is 0 Å². The molecule has 0 aliphatic rings. The zero-order valence-corrected chi connectivity index (χ0v) is 12.6. The second-order valence-corrected chi connectivity index (χ2v) is 5.78. The van der Waals surface area contributed by atoms with Crippen molar-refractivity contribution >= 4 is 11.8 Å². The van der Waals surface area contributed by atoms with E-state index in [0.29, 0.717) is 0 Å². The summed E-state index contributed by atoms with van der Waals surface area (Å²) >= 11 is 1.84. The number of benzene rings is 2. The standard InChI is InChI=1S/C18H20OS/c1-3-10-17(19-2)18(15-11-6-4-7-12-15)20-16-13-8-5-9-14-16/h3-9,11-14,17-18H,1,10H2,2H3/t17-,18+/m0/s1. The van der Waals surface area contributed by atoms with Crippen molar-refractivity contribution in [2.45, 2.75) is 22.7 Å². The summed E-state index contributed by atoms with van der Waals surface area (Å²) in [6.07, 6.45) is 2.89. The summed E-state index contributed by atoms with van der Waals surface area (Å²) in [6, 6.07) is 21.0. The summed E-state index contributed by atoms with van der Waals surface area (Å²) in [6.45, 7) is 3.84. The van der Waals surface area contributed by atoms with Crippen LogP contribution in [0.15, 0.2) is 78.2 Å². The van der Waals surface area contributed by atoms with Crippen molar-refractivity contribution in [1.82, 2.24) is 0 Å². The number of hydrogen-bond acceptors (Lipinski definition) is 2. The van der Waals surface area contributed by atoms with Crippen molar-refractivity contribution < 1.29 is 4.74 Å². The fourth-order valence-electron chi connectivity index (χ4n) is 2.15. The van der Waals surface area contributed by atoms with Gasteiger partial charge >= 0.3 is 0 Å². The van der Waals surface area contributed by atoms with E-state index in [1.165, 1.54) is 10.5 Å². The van der Waals surface area contributed by atoms with E-state index in [4.69, 9.17) is 4.74 Å². The molecule has 0 heterocycles. The molecule has 0 spiro atoms. The first-order chi connectivity index (χ1) is 9.85. The number of thioether (sulfide) groups is 1. The van der Waals surface area contributed by atoms with Gasteiger partial charge in [0.2, 0.25) is 0 Å². The third-order valence-electron chi connectivity index (χ3n) is 3.17. The molecule has 0 aliphatic heterocycles. The maximum atomic E-state index is 5.69. The van der Waals surface area contributed by atoms with Gasteiger partial charge in [0.15, 0.2) is 0 Å². The molecule has 0 bridgehead atoms. The molecular weight excluding hydrogens is 264 g/mol. The smallest absolute Gasteiger partial charge is 0.0768 e. The second-order valence-electron chi connectivity index (χ2n) is 4.56. The van der Waals surface area contributed by atoms with Gasteiger partial charge in [0.25, 0.3) is 0 Å². The highest BCUT2D eigenvalue weighted by Crippen LogP contribution is 2.39. The van der Waals surface area contributed by atoms with Gasteiger partial charge in [0, 0.05) is 12.0 Å². The maximum absolute atomic E-state index is 5.69. The van der Waals surface area contributed by atoms with E-state index in [2.05, 4.69) is 55.1 Å². The molecule has 20 heavy (non-hydrogen) atoms. The van der Waals surface area contributed by atoms with E-state index < -0.39 is 0 Å². The fourth-order valence-corrected chi connectivity index (χ4v) is 3.43. The van der Waals surface area contributed by atoms with Crippen LogP contribution in [0.1, 0.15) is 17.2 Å². The van der Waals surface area contributed by atoms with Crippen molar-refractivity contribution in [3.8, 4) is 0 Å². The average Bonchev–Trinajstić information content (AvgIpc) is 2.52. The van der Waals surface area contributed by atoms with Crippen molar-refractivity contribution in [3.63, 3.8) is 0 Å². The molecule has 2 aromatic carbocycles. The highest BCUT2D eigenvalue weighted by molar-refractivity contribution is 7.99. The predicted octanol–water partition coefficient (Wildman–Crippen LogP) is 5.11. The SMILES string of the molecule is C=CC[C@H](OC)[C@H](Sc1ccccc1)c1ccccc1. The molecular formula is C18H20OS. The van der Waals surface area contributed by atoms with Gasteiger partial charge < -0.3 is 4.74 Å². The molecule has 0 radical (unpaired) electrons. The highest BCUT2D eigenvalue weighted by Gasteiger charge is 2.23. The zero-order chi connectivity index (χ0) is 14.2. The fraction of sp³-hybridized carbons (Fsp3) is 0.222. The van der Waals surface area contributed by atoms with Gasteiger partial charge in [0.1, 0.15) is 0 Å². The monoisotopic (exact) mass is 284 g/mol. The minimum Gasteiger partial charge on any atom is -0.380 e. The Balaban J connectivity index is 2.26. The first-order valence-corrected chi connectivity index (χ1v) is 7.63. The van der Waals surface area contributed by atoms with E-state index in [1.807, 2.05) is 30.0 Å². The summed E-state index contributed by atoms with van der Waals surface area (Å²) in [4.78, 5) is 1.26. The summed E-state index contributed by atoms with van der Waals surface area (Å²) in [5.74, 6) is 0. The van der Waals surface area contributed by atoms with Crippen LogP contribution in [0.3, 0.4) is 0 Å². The van der Waals surface area contributed by atoms with E-state index in [0.717, 1.165) is 6.42 Å². The minimum atomic E-state index is 0.125. The van der Waals surface area contributed by atoms with E-state index in [9.17, 15) is 0 Å². The van der Waals surface area contributed by atoms with Gasteiger partial charge in [-0.25, -0.2) is 0 Å². The Morgan fingerprint density at radius 3 is 2.20 bits per heavy atom. The topological polar surface area (TPSA) is 9.23 Å². The molecule has 0 aliphatic carbocycles. The van der Waals surface area contributed by atoms with Crippen molar-refractivity contribution in [3.05, 3.63) is 78.9 Å². The van der Waals surface area contributed by atoms with Gasteiger partial charge in [-0.1, -0.05) is 54.6 Å². The Morgan fingerprint density at radius 1 is 1.05 bits per heavy atom. The average molecular weight is 284 g/mol. The van der Waals surface area contributed by atoms with Crippen molar-refractivity contribution in [1.29, 1.82) is 0 Å². The van der Waals surface area contributed by atoms with E-state index in [-0.39, 0.29) is 11.4 Å². The largest absolute Gasteiger partial charge is 0.380 e. The van der Waals surface area contributed by atoms with Crippen LogP contribution in [0.2, 0.25) is 0 Å². The molecule has 0 fully saturated rings. The van der Waals surface area contributed by atoms with Crippen LogP contribution in [0, 0.1) is 0 Å². The minimum absolute atomic E-state index is 0.125. The van der Waals surface area contributed by atoms with Gasteiger partial charge in [-0.15, -0.1) is 18.3 Å². The first-order valence-electron chi connectivity index (χ1n) is 6.75. The lowest BCUT2D eigenvalue weighted by Crippen LogP contribution is -2.18. The number of hydrogen-bond donors (Lipinski definition) is 0. The maximum Gasteiger partial charge on any atom is 0.0768 e. The molecule has 2 aromatic rings. The molecule has 0 saturated heterocycles. The summed E-state index contributed by atoms with van der Waals surface area (Å²) in [5, 5.41) is 0.265. The van der Waals surface area contributed by atoms with Crippen LogP contribution in [-0.4, -0.2) is 13.2 Å². The summed E-state index contributed by atoms with van der Waals surface area (Å²) in [5.41, 5.74) is 1.29. The van der Waals surface area contributed by atoms with Crippen LogP contribution in [0.5, 0.6) is 0 Å². The molecule has 0 unspecified atom stereocenters. The van der Waals surface area contributed by atoms with Gasteiger partial charge in [-0.2, -0.15) is 0 Å². The first kappa shape index (κ1) is 14.9. The molecule has 0 aromatic heterocycles. The van der Waals surface area contributed by atoms with E-state index in [1.54, 1.807) is 7.11 Å². The number of ether oxygens (including phenoxy) is 1. The summed E-state index contributed by atoms with van der Waals surface area (Å²) in [7, 11) is 1.77. The Hall–Kier alpha value is -1.51. The van der Waals surface area contributed by atoms with Gasteiger partial charge in [-0.05, 0) is 24.1 Å². The predicted molar refractivity (Wildman–Crippen MR) is 87.1 cm³/mol. The Kier molecular flexibility index (Phi) is 5.90. The molecule has 0 N–H and O–H groups in total. The summed E-state index contributed by atoms with van der Waals surface area (Å²) < 4.78 is 5.69. The van der Waals surface area contributed by atoms with Crippen LogP contribution >= 0.6 is 11.8 Å².